The SMILES string of the molecule is CC/C=C\C/C=C\C/C=C\C/C=C\C/C=C\C/C=C\CCCCCCCCC(=O)OC(/C=C/CCCCCCCCCCCC)C(COP(=O)([O-])OCC[N+](C)(C)C)NC(=O)CCCCCCCCCCCCCCCCCC. The van der Waals surface area contributed by atoms with Crippen LogP contribution in [0.15, 0.2) is 85.1 Å². The van der Waals surface area contributed by atoms with Gasteiger partial charge in [0.05, 0.1) is 33.8 Å². The van der Waals surface area contributed by atoms with Gasteiger partial charge in [0.1, 0.15) is 19.3 Å². The summed E-state index contributed by atoms with van der Waals surface area (Å²) < 4.78 is 30.4. The molecule has 0 radical (unpaired) electrons. The van der Waals surface area contributed by atoms with Crippen molar-refractivity contribution in [3.8, 4) is 0 Å². The molecular weight excluding hydrogens is 1000 g/mol. The number of esters is 1. The average Bonchev–Trinajstić information content (AvgIpc) is 3.41. The number of allylic oxidation sites excluding steroid dienone is 13. The van der Waals surface area contributed by atoms with Crippen LogP contribution >= 0.6 is 7.82 Å². The molecule has 3 atom stereocenters. The molecule has 10 heteroatoms. The highest BCUT2D eigenvalue weighted by Gasteiger charge is 2.27. The fraction of sp³-hybridized carbons (Fsp3) is 0.768. The van der Waals surface area contributed by atoms with Gasteiger partial charge in [-0.3, -0.25) is 14.2 Å². The highest BCUT2D eigenvalue weighted by Crippen LogP contribution is 2.38. The number of phosphoric acid groups is 1. The molecule has 0 aliphatic carbocycles. The van der Waals surface area contributed by atoms with Crippen molar-refractivity contribution in [2.75, 3.05) is 40.9 Å². The zero-order valence-corrected chi connectivity index (χ0v) is 53.2. The molecule has 0 saturated carbocycles. The van der Waals surface area contributed by atoms with Gasteiger partial charge in [-0.05, 0) is 83.1 Å². The molecule has 0 aliphatic rings. The third kappa shape index (κ3) is 59.6. The third-order valence-corrected chi connectivity index (χ3v) is 15.3. The van der Waals surface area contributed by atoms with Crippen molar-refractivity contribution >= 4 is 19.7 Å². The van der Waals surface area contributed by atoms with E-state index in [4.69, 9.17) is 13.8 Å². The molecule has 0 bridgehead atoms. The Morgan fingerprint density at radius 3 is 1.22 bits per heavy atom. The molecular formula is C69H125N2O7P. The van der Waals surface area contributed by atoms with Crippen LogP contribution in [0.4, 0.5) is 0 Å². The van der Waals surface area contributed by atoms with Crippen molar-refractivity contribution in [2.45, 2.75) is 303 Å². The second-order valence-electron chi connectivity index (χ2n) is 23.2. The number of nitrogens with zero attached hydrogens (tertiary/aromatic N) is 1. The number of amides is 1. The highest BCUT2D eigenvalue weighted by molar-refractivity contribution is 7.45. The monoisotopic (exact) mass is 1120 g/mol. The van der Waals surface area contributed by atoms with Gasteiger partial charge >= 0.3 is 5.97 Å². The summed E-state index contributed by atoms with van der Waals surface area (Å²) in [6.07, 6.45) is 76.9. The second-order valence-corrected chi connectivity index (χ2v) is 24.7. The summed E-state index contributed by atoms with van der Waals surface area (Å²) in [4.78, 5) is 40.1. The van der Waals surface area contributed by atoms with Crippen molar-refractivity contribution in [2.24, 2.45) is 0 Å². The van der Waals surface area contributed by atoms with Crippen molar-refractivity contribution in [1.29, 1.82) is 0 Å². The molecule has 0 aliphatic heterocycles. The van der Waals surface area contributed by atoms with Crippen molar-refractivity contribution < 1.29 is 37.3 Å². The number of carbonyl (C=O) groups excluding carboxylic acids is 2. The van der Waals surface area contributed by atoms with Crippen LogP contribution in [0.1, 0.15) is 290 Å². The topological polar surface area (TPSA) is 114 Å². The zero-order chi connectivity index (χ0) is 57.9. The van der Waals surface area contributed by atoms with Gasteiger partial charge in [0, 0.05) is 12.8 Å². The largest absolute Gasteiger partial charge is 0.756 e. The first-order valence-electron chi connectivity index (χ1n) is 32.9. The van der Waals surface area contributed by atoms with E-state index in [1.807, 2.05) is 33.3 Å². The van der Waals surface area contributed by atoms with Crippen LogP contribution in [0.5, 0.6) is 0 Å². The minimum absolute atomic E-state index is 0.0266. The number of unbranched alkanes of at least 4 members (excludes halogenated alkanes) is 31. The fourth-order valence-electron chi connectivity index (χ4n) is 9.29. The van der Waals surface area contributed by atoms with E-state index < -0.39 is 26.6 Å². The van der Waals surface area contributed by atoms with Crippen LogP contribution in [-0.2, 0) is 27.9 Å². The average molecular weight is 1130 g/mol. The highest BCUT2D eigenvalue weighted by atomic mass is 31.2. The van der Waals surface area contributed by atoms with E-state index in [0.717, 1.165) is 116 Å². The summed E-state index contributed by atoms with van der Waals surface area (Å²) >= 11 is 0. The molecule has 1 amide bonds. The van der Waals surface area contributed by atoms with Crippen LogP contribution in [0.3, 0.4) is 0 Å². The lowest BCUT2D eigenvalue weighted by atomic mass is 10.0. The van der Waals surface area contributed by atoms with Gasteiger partial charge in [-0.15, -0.1) is 0 Å². The van der Waals surface area contributed by atoms with E-state index >= 15 is 0 Å². The fourth-order valence-corrected chi connectivity index (χ4v) is 10.0. The van der Waals surface area contributed by atoms with Gasteiger partial charge in [-0.1, -0.05) is 280 Å². The molecule has 9 nitrogen and oxygen atoms in total. The van der Waals surface area contributed by atoms with Gasteiger partial charge in [0.25, 0.3) is 7.82 Å². The Morgan fingerprint density at radius 2 is 0.810 bits per heavy atom. The normalized spacial score (nSPS) is 14.2. The first kappa shape index (κ1) is 76.2. The quantitative estimate of drug-likeness (QED) is 0.0212. The lowest BCUT2D eigenvalue weighted by Gasteiger charge is -2.30. The molecule has 458 valence electrons. The second kappa shape index (κ2) is 58.4. The summed E-state index contributed by atoms with van der Waals surface area (Å²) in [5.74, 6) is -0.552. The van der Waals surface area contributed by atoms with E-state index in [1.54, 1.807) is 0 Å². The Balaban J connectivity index is 5.18. The molecule has 0 heterocycles. The number of quaternary nitrogens is 1. The molecule has 0 saturated heterocycles. The number of nitrogens with one attached hydrogen (secondary N) is 1. The number of likely N-dealkylation sites (N-methyl/N-ethyl adjacent to an activating group) is 1. The Bertz CT molecular complexity index is 1630. The maximum Gasteiger partial charge on any atom is 0.306 e. The summed E-state index contributed by atoms with van der Waals surface area (Å²) in [6.45, 7) is 6.74. The molecule has 0 spiro atoms. The van der Waals surface area contributed by atoms with Crippen molar-refractivity contribution in [3.05, 3.63) is 85.1 Å². The molecule has 0 aromatic rings. The zero-order valence-electron chi connectivity index (χ0n) is 52.3. The summed E-state index contributed by atoms with van der Waals surface area (Å²) in [6, 6.07) is -0.896. The third-order valence-electron chi connectivity index (χ3n) is 14.3. The summed E-state index contributed by atoms with van der Waals surface area (Å²) in [7, 11) is 1.18. The first-order valence-corrected chi connectivity index (χ1v) is 34.4. The Morgan fingerprint density at radius 1 is 0.456 bits per heavy atom. The van der Waals surface area contributed by atoms with E-state index in [0.29, 0.717) is 23.9 Å². The van der Waals surface area contributed by atoms with E-state index in [2.05, 4.69) is 99.0 Å². The summed E-state index contributed by atoms with van der Waals surface area (Å²) in [5.41, 5.74) is 0. The number of phosphoric ester groups is 1. The van der Waals surface area contributed by atoms with Crippen molar-refractivity contribution in [3.63, 3.8) is 0 Å². The number of hydrogen-bond donors (Lipinski definition) is 1. The molecule has 79 heavy (non-hydrogen) atoms. The Labute approximate surface area is 488 Å². The predicted molar refractivity (Wildman–Crippen MR) is 339 cm³/mol. The molecule has 0 rings (SSSR count). The van der Waals surface area contributed by atoms with Gasteiger partial charge in [0.2, 0.25) is 5.91 Å². The Kier molecular flexibility index (Phi) is 56.3. The van der Waals surface area contributed by atoms with Gasteiger partial charge in [-0.2, -0.15) is 0 Å². The van der Waals surface area contributed by atoms with Crippen LogP contribution < -0.4 is 10.2 Å². The van der Waals surface area contributed by atoms with Gasteiger partial charge < -0.3 is 28.5 Å². The maximum atomic E-state index is 13.5. The van der Waals surface area contributed by atoms with E-state index in [1.165, 1.54) is 135 Å². The lowest BCUT2D eigenvalue weighted by molar-refractivity contribution is -0.870. The lowest BCUT2D eigenvalue weighted by Crippen LogP contribution is -2.47. The number of hydrogen-bond acceptors (Lipinski definition) is 7. The minimum Gasteiger partial charge on any atom is -0.756 e. The Hall–Kier alpha value is -2.81. The van der Waals surface area contributed by atoms with Crippen LogP contribution in [0.2, 0.25) is 0 Å². The predicted octanol–water partition coefficient (Wildman–Crippen LogP) is 19.9. The van der Waals surface area contributed by atoms with Crippen LogP contribution in [-0.4, -0.2) is 69.4 Å². The van der Waals surface area contributed by atoms with Gasteiger partial charge in [0.15, 0.2) is 0 Å². The molecule has 0 fully saturated rings. The van der Waals surface area contributed by atoms with Crippen molar-refractivity contribution in [1.82, 2.24) is 5.32 Å². The smallest absolute Gasteiger partial charge is 0.306 e. The minimum atomic E-state index is -4.71. The molecule has 0 aromatic carbocycles. The van der Waals surface area contributed by atoms with Crippen LogP contribution in [0, 0.1) is 0 Å². The number of rotatable bonds is 59. The first-order chi connectivity index (χ1) is 38.4. The standard InChI is InChI=1S/C69H125N2O7P/c1-7-10-13-16-19-22-25-28-30-32-33-34-35-36-37-38-39-40-42-44-47-50-53-56-59-62-69(73)78-67(60-57-54-51-48-45-27-24-21-18-15-12-9-3)66(65-77-79(74,75)76-64-63-71(4,5)6)70-68(72)61-58-55-52-49-46-43-41-31-29-26-23-20-17-14-11-8-2/h10,13,19,22,28,30,33-34,36-37,39-40,57,60,66-67H,7-9,11-12,14-18,20-21,23-27,29,31-32,35,38,41-56,58-59,61-65H2,1-6H3,(H-,70,72,74,75)/b13-10-,22-19-,30-28-,34-33-,37-36-,40-39-,60-57+. The maximum absolute atomic E-state index is 13.5. The number of ether oxygens (including phenoxy) is 1. The van der Waals surface area contributed by atoms with E-state index in [-0.39, 0.29) is 24.9 Å². The molecule has 3 unspecified atom stereocenters. The summed E-state index contributed by atoms with van der Waals surface area (Å²) in [5, 5.41) is 3.03. The number of carbonyl (C=O) groups is 2. The molecule has 1 N–H and O–H groups in total. The van der Waals surface area contributed by atoms with E-state index in [9.17, 15) is 19.0 Å². The molecule has 0 aromatic heterocycles. The van der Waals surface area contributed by atoms with Gasteiger partial charge in [-0.25, -0.2) is 0 Å². The van der Waals surface area contributed by atoms with Crippen LogP contribution in [0.25, 0.3) is 0 Å².